The van der Waals surface area contributed by atoms with E-state index in [9.17, 15) is 60.0 Å². The minimum Gasteiger partial charge on any atom is -0.550 e. The molecule has 2 aliphatic heterocycles. The summed E-state index contributed by atoms with van der Waals surface area (Å²) in [6.45, 7) is 14.6. The Morgan fingerprint density at radius 2 is 1.26 bits per heavy atom. The first-order valence-electron chi connectivity index (χ1n) is 20.7. The van der Waals surface area contributed by atoms with Crippen LogP contribution < -0.4 is 80.6 Å². The summed E-state index contributed by atoms with van der Waals surface area (Å²) in [7, 11) is 0. The first kappa shape index (κ1) is 53.0. The second kappa shape index (κ2) is 17.9. The van der Waals surface area contributed by atoms with Crippen LogP contribution in [0.5, 0.6) is 0 Å². The smallest absolute Gasteiger partial charge is 0.550 e. The number of aliphatic carboxylic acids is 3. The predicted molar refractivity (Wildman–Crippen MR) is 198 cm³/mol. The summed E-state index contributed by atoms with van der Waals surface area (Å²) in [5.41, 5.74) is -2.11. The van der Waals surface area contributed by atoms with Gasteiger partial charge >= 0.3 is 59.1 Å². The van der Waals surface area contributed by atoms with E-state index in [0.29, 0.717) is 38.5 Å². The van der Waals surface area contributed by atoms with Crippen molar-refractivity contribution in [3.63, 3.8) is 0 Å². The number of aliphatic hydroxyl groups is 5. The van der Waals surface area contributed by atoms with Gasteiger partial charge in [0.25, 0.3) is 0 Å². The SMILES string of the molecule is CC1(C)[C@@H](O[C@H]2O[C@H](C(=O)[O-])[C@@H](O)[C@H](O)[C@H]2O[C@@H]2O[C@H](C(=O)[O-])[C@@H](O)[C@H](O)[C@H]2O)CC[C@]2(C)[C@H]3C(=O)C=C4[C@@H]5C[C@@](C)(C(=O)[O-])CC[C@]5(C)CC[C@@]4(C)[C@]3(C)CC[C@@H]12.[NH4+].[Na+].[Na+]. The average Bonchev–Trinajstić information content (AvgIpc) is 3.13. The van der Waals surface area contributed by atoms with Gasteiger partial charge < -0.3 is 80.3 Å². The summed E-state index contributed by atoms with van der Waals surface area (Å²) >= 11 is 0. The molecule has 19 heteroatoms. The molecule has 6 fully saturated rings. The molecule has 334 valence electrons. The van der Waals surface area contributed by atoms with Crippen molar-refractivity contribution in [2.75, 3.05) is 0 Å². The molecule has 5 aliphatic carbocycles. The van der Waals surface area contributed by atoms with E-state index in [1.54, 1.807) is 6.92 Å². The Bertz CT molecular complexity index is 1750. The van der Waals surface area contributed by atoms with Crippen LogP contribution in [-0.4, -0.2) is 117 Å². The van der Waals surface area contributed by atoms with Gasteiger partial charge in [-0.3, -0.25) is 4.79 Å². The van der Waals surface area contributed by atoms with Crippen LogP contribution in [0.4, 0.5) is 0 Å². The van der Waals surface area contributed by atoms with Gasteiger partial charge in [-0.05, 0) is 103 Å². The van der Waals surface area contributed by atoms with E-state index in [2.05, 4.69) is 27.7 Å². The number of aliphatic hydroxyl groups excluding tert-OH is 5. The molecular formula is C42H63NNa2O16. The van der Waals surface area contributed by atoms with Crippen LogP contribution in [0.2, 0.25) is 0 Å². The first-order valence-corrected chi connectivity index (χ1v) is 20.7. The van der Waals surface area contributed by atoms with Gasteiger partial charge in [0.1, 0.15) is 48.8 Å². The number of ether oxygens (including phenoxy) is 4. The number of ketones is 1. The van der Waals surface area contributed by atoms with E-state index in [1.807, 2.05) is 19.9 Å². The zero-order chi connectivity index (χ0) is 42.9. The molecule has 2 heterocycles. The molecule has 19 atom stereocenters. The van der Waals surface area contributed by atoms with Gasteiger partial charge in [-0.2, -0.15) is 0 Å². The fourth-order valence-electron chi connectivity index (χ4n) is 13.3. The molecule has 61 heavy (non-hydrogen) atoms. The molecule has 17 nitrogen and oxygen atoms in total. The van der Waals surface area contributed by atoms with E-state index in [0.717, 1.165) is 24.8 Å². The number of carboxylic acids is 3. The van der Waals surface area contributed by atoms with Crippen molar-refractivity contribution in [3.05, 3.63) is 11.6 Å². The van der Waals surface area contributed by atoms with Crippen LogP contribution in [0.1, 0.15) is 106 Å². The molecule has 0 aromatic heterocycles. The standard InChI is InChI=1S/C42H62O16.H3N.2Na/c1-37(2)21-8-11-42(7)31(20(43)16-18-19-17-39(4,36(53)54)13-12-38(19,3)14-15-41(18,42)6)40(21,5)10-9-22(37)55-35-30(26(47)25(46)29(57-35)33(51)52)58-34-27(48)23(44)24(45)28(56-34)32(49)50;;;/h16,19,21-31,34-35,44-48H,8-15,17H2,1-7H3,(H,49,50)(H,51,52)(H,53,54);1H3;;/q;;2*+1/p-2/t19-,21-,22-,23-,24-,25-,26-,27+,28-,29-,30+,31+,34-,35-,38+,39-,40-,41+,42+;;;/m0.../s1. The topological polar surface area (TPSA) is 312 Å². The average molecular weight is 884 g/mol. The summed E-state index contributed by atoms with van der Waals surface area (Å²) in [4.78, 5) is 50.9. The summed E-state index contributed by atoms with van der Waals surface area (Å²) < 4.78 is 23.1. The summed E-state index contributed by atoms with van der Waals surface area (Å²) in [6.07, 6.45) is -13.4. The summed E-state index contributed by atoms with van der Waals surface area (Å²) in [5.74, 6) is -5.37. The Balaban J connectivity index is 0.00000273. The van der Waals surface area contributed by atoms with Crippen LogP contribution in [0, 0.1) is 50.2 Å². The third-order valence-corrected chi connectivity index (χ3v) is 17.2. The van der Waals surface area contributed by atoms with Gasteiger partial charge in [-0.25, -0.2) is 0 Å². The van der Waals surface area contributed by atoms with E-state index < -0.39 is 107 Å². The van der Waals surface area contributed by atoms with Crippen molar-refractivity contribution in [1.82, 2.24) is 6.15 Å². The van der Waals surface area contributed by atoms with E-state index >= 15 is 0 Å². The van der Waals surface area contributed by atoms with Crippen molar-refractivity contribution in [2.45, 2.75) is 174 Å². The monoisotopic (exact) mass is 883 g/mol. The van der Waals surface area contributed by atoms with Gasteiger partial charge in [-0.1, -0.05) is 54.0 Å². The molecule has 0 radical (unpaired) electrons. The zero-order valence-electron chi connectivity index (χ0n) is 37.3. The molecule has 0 bridgehead atoms. The Hall–Kier alpha value is -0.580. The number of fused-ring (bicyclic) bond motifs is 7. The number of carbonyl (C=O) groups excluding carboxylic acids is 4. The number of rotatable bonds is 7. The molecule has 0 unspecified atom stereocenters. The largest absolute Gasteiger partial charge is 1.00 e. The number of hydrogen-bond acceptors (Lipinski definition) is 16. The van der Waals surface area contributed by atoms with Crippen LogP contribution in [0.25, 0.3) is 0 Å². The minimum absolute atomic E-state index is 0. The number of carboxylic acid groups (broad SMARTS) is 3. The maximum Gasteiger partial charge on any atom is 1.00 e. The number of carbonyl (C=O) groups is 4. The van der Waals surface area contributed by atoms with Crippen molar-refractivity contribution in [2.24, 2.45) is 50.2 Å². The molecule has 7 aliphatic rings. The van der Waals surface area contributed by atoms with Gasteiger partial charge in [0, 0.05) is 17.3 Å². The van der Waals surface area contributed by atoms with E-state index in [1.165, 1.54) is 0 Å². The summed E-state index contributed by atoms with van der Waals surface area (Å²) in [5, 5.41) is 89.2. The normalized spacial score (nSPS) is 50.0. The quantitative estimate of drug-likeness (QED) is 0.102. The second-order valence-corrected chi connectivity index (χ2v) is 20.6. The maximum absolute atomic E-state index is 14.8. The molecule has 0 aromatic carbocycles. The minimum atomic E-state index is -2.16. The van der Waals surface area contributed by atoms with Crippen molar-refractivity contribution in [3.8, 4) is 0 Å². The molecule has 0 spiro atoms. The van der Waals surface area contributed by atoms with Crippen LogP contribution in [-0.2, 0) is 38.1 Å². The molecule has 4 saturated carbocycles. The molecule has 7 rings (SSSR count). The Morgan fingerprint density at radius 3 is 1.84 bits per heavy atom. The maximum atomic E-state index is 14.8. The second-order valence-electron chi connectivity index (χ2n) is 20.6. The number of hydrogen-bond donors (Lipinski definition) is 6. The first-order chi connectivity index (χ1) is 26.8. The van der Waals surface area contributed by atoms with Gasteiger partial charge in [0.05, 0.1) is 18.0 Å². The van der Waals surface area contributed by atoms with Crippen LogP contribution in [0.15, 0.2) is 11.6 Å². The number of allylic oxidation sites excluding steroid dienone is 2. The van der Waals surface area contributed by atoms with E-state index in [4.69, 9.17) is 18.9 Å². The fraction of sp³-hybridized carbons (Fsp3) is 0.857. The molecule has 9 N–H and O–H groups in total. The zero-order valence-corrected chi connectivity index (χ0v) is 41.3. The molecule has 0 amide bonds. The number of quaternary nitrogens is 1. The Kier molecular flexibility index (Phi) is 15.6. The molecule has 2 saturated heterocycles. The Labute approximate surface area is 400 Å². The van der Waals surface area contributed by atoms with Crippen molar-refractivity contribution in [1.29, 1.82) is 0 Å². The summed E-state index contributed by atoms with van der Waals surface area (Å²) in [6, 6.07) is 0. The van der Waals surface area contributed by atoms with Gasteiger partial charge in [0.2, 0.25) is 0 Å². The van der Waals surface area contributed by atoms with Crippen LogP contribution in [0.3, 0.4) is 0 Å². The molecule has 0 aromatic rings. The third-order valence-electron chi connectivity index (χ3n) is 17.2. The molecular weight excluding hydrogens is 820 g/mol. The van der Waals surface area contributed by atoms with Crippen LogP contribution >= 0.6 is 0 Å². The fourth-order valence-corrected chi connectivity index (χ4v) is 13.3. The van der Waals surface area contributed by atoms with Crippen molar-refractivity contribution < 1.29 is 138 Å². The predicted octanol–water partition coefficient (Wildman–Crippen LogP) is -7.37. The van der Waals surface area contributed by atoms with E-state index in [-0.39, 0.29) is 99.6 Å². The Morgan fingerprint density at radius 1 is 0.705 bits per heavy atom. The van der Waals surface area contributed by atoms with Gasteiger partial charge in [-0.15, -0.1) is 0 Å². The van der Waals surface area contributed by atoms with Gasteiger partial charge in [0.15, 0.2) is 18.4 Å². The van der Waals surface area contributed by atoms with Crippen molar-refractivity contribution >= 4 is 23.7 Å². The third kappa shape index (κ3) is 8.11.